The number of ether oxygens (including phenoxy) is 1. The van der Waals surface area contributed by atoms with Crippen LogP contribution in [0.3, 0.4) is 0 Å². The Kier molecular flexibility index (Phi) is 4.10. The molecule has 3 saturated carbocycles. The van der Waals surface area contributed by atoms with Crippen molar-refractivity contribution >= 4 is 5.97 Å². The lowest BCUT2D eigenvalue weighted by Gasteiger charge is -2.42. The van der Waals surface area contributed by atoms with Gasteiger partial charge in [-0.15, -0.1) is 0 Å². The molecule has 0 aliphatic heterocycles. The Balaban J connectivity index is 1.69. The van der Waals surface area contributed by atoms with Crippen LogP contribution in [0.25, 0.3) is 0 Å². The highest BCUT2D eigenvalue weighted by Crippen LogP contribution is 2.64. The minimum Gasteiger partial charge on any atom is -0.459 e. The average molecular weight is 306 g/mol. The van der Waals surface area contributed by atoms with Crippen LogP contribution in [0.5, 0.6) is 0 Å². The second kappa shape index (κ2) is 5.53. The molecule has 0 saturated heterocycles. The highest BCUT2D eigenvalue weighted by molar-refractivity contribution is 5.72. The van der Waals surface area contributed by atoms with Crippen molar-refractivity contribution < 1.29 is 9.53 Å². The van der Waals surface area contributed by atoms with Crippen molar-refractivity contribution in [3.8, 4) is 0 Å². The predicted octanol–water partition coefficient (Wildman–Crippen LogP) is 5.21. The third-order valence-corrected chi connectivity index (χ3v) is 6.81. The number of carbonyl (C=O) groups is 1. The maximum atomic E-state index is 12.7. The molecule has 22 heavy (non-hydrogen) atoms. The molecule has 2 heteroatoms. The number of fused-ring (bicyclic) bond motifs is 5. The Morgan fingerprint density at radius 3 is 2.59 bits per heavy atom. The molecule has 0 aromatic heterocycles. The predicted molar refractivity (Wildman–Crippen MR) is 89.4 cm³/mol. The minimum atomic E-state index is -0.126. The van der Waals surface area contributed by atoms with E-state index in [1.807, 2.05) is 6.92 Å². The number of rotatable bonds is 4. The van der Waals surface area contributed by atoms with Gasteiger partial charge in [-0.05, 0) is 61.7 Å². The second-order valence-corrected chi connectivity index (χ2v) is 9.57. The molecule has 0 N–H and O–H groups in total. The molecule has 3 aliphatic rings. The molecule has 3 fully saturated rings. The summed E-state index contributed by atoms with van der Waals surface area (Å²) in [6.07, 6.45) is 8.59. The average Bonchev–Trinajstić information content (AvgIpc) is 3.07. The fourth-order valence-electron chi connectivity index (χ4n) is 6.11. The fraction of sp³-hybridized carbons (Fsp3) is 0.950. The molecule has 0 heterocycles. The van der Waals surface area contributed by atoms with Crippen LogP contribution in [-0.4, -0.2) is 11.6 Å². The molecule has 6 unspecified atom stereocenters. The first-order chi connectivity index (χ1) is 10.3. The van der Waals surface area contributed by atoms with Crippen LogP contribution in [0.4, 0.5) is 0 Å². The van der Waals surface area contributed by atoms with Crippen LogP contribution in [0.2, 0.25) is 0 Å². The van der Waals surface area contributed by atoms with E-state index in [0.717, 1.165) is 37.0 Å². The summed E-state index contributed by atoms with van der Waals surface area (Å²) in [5, 5.41) is 0. The molecule has 0 amide bonds. The Bertz CT molecular complexity index is 435. The summed E-state index contributed by atoms with van der Waals surface area (Å²) < 4.78 is 6.26. The summed E-state index contributed by atoms with van der Waals surface area (Å²) in [6, 6.07) is 0. The first kappa shape index (κ1) is 16.3. The highest BCUT2D eigenvalue weighted by atomic mass is 16.6. The molecule has 126 valence electrons. The van der Waals surface area contributed by atoms with Gasteiger partial charge in [-0.3, -0.25) is 4.79 Å². The fourth-order valence-corrected chi connectivity index (χ4v) is 6.11. The lowest BCUT2D eigenvalue weighted by atomic mass is 9.71. The van der Waals surface area contributed by atoms with E-state index in [1.165, 1.54) is 25.7 Å². The zero-order valence-electron chi connectivity index (χ0n) is 15.2. The van der Waals surface area contributed by atoms with E-state index in [0.29, 0.717) is 5.92 Å². The molecule has 0 aromatic carbocycles. The SMILES string of the molecule is CCC1(OC(=O)C(C)CC(C)(C)C)CC2CC1C1CCCC21. The third kappa shape index (κ3) is 2.71. The van der Waals surface area contributed by atoms with Crippen molar-refractivity contribution in [2.75, 3.05) is 0 Å². The van der Waals surface area contributed by atoms with Crippen LogP contribution in [0.15, 0.2) is 0 Å². The largest absolute Gasteiger partial charge is 0.459 e. The van der Waals surface area contributed by atoms with Gasteiger partial charge in [0.25, 0.3) is 0 Å². The third-order valence-electron chi connectivity index (χ3n) is 6.81. The molecular weight excluding hydrogens is 272 g/mol. The van der Waals surface area contributed by atoms with Gasteiger partial charge in [-0.1, -0.05) is 41.0 Å². The quantitative estimate of drug-likeness (QED) is 0.667. The first-order valence-electron chi connectivity index (χ1n) is 9.48. The zero-order chi connectivity index (χ0) is 16.1. The topological polar surface area (TPSA) is 26.3 Å². The molecule has 3 aliphatic carbocycles. The van der Waals surface area contributed by atoms with Crippen LogP contribution >= 0.6 is 0 Å². The molecule has 2 nitrogen and oxygen atoms in total. The van der Waals surface area contributed by atoms with E-state index >= 15 is 0 Å². The lowest BCUT2D eigenvalue weighted by molar-refractivity contribution is -0.175. The maximum Gasteiger partial charge on any atom is 0.309 e. The van der Waals surface area contributed by atoms with Crippen molar-refractivity contribution in [3.63, 3.8) is 0 Å². The molecule has 3 rings (SSSR count). The molecule has 0 aromatic rings. The Hall–Kier alpha value is -0.530. The molecule has 2 bridgehead atoms. The van der Waals surface area contributed by atoms with E-state index in [2.05, 4.69) is 27.7 Å². The van der Waals surface area contributed by atoms with Gasteiger partial charge in [0.1, 0.15) is 5.60 Å². The van der Waals surface area contributed by atoms with Gasteiger partial charge >= 0.3 is 5.97 Å². The molecule has 0 spiro atoms. The zero-order valence-corrected chi connectivity index (χ0v) is 15.2. The van der Waals surface area contributed by atoms with E-state index in [1.54, 1.807) is 0 Å². The van der Waals surface area contributed by atoms with Crippen molar-refractivity contribution in [3.05, 3.63) is 0 Å². The van der Waals surface area contributed by atoms with Gasteiger partial charge < -0.3 is 4.74 Å². The van der Waals surface area contributed by atoms with E-state index in [9.17, 15) is 4.79 Å². The Morgan fingerprint density at radius 1 is 1.27 bits per heavy atom. The van der Waals surface area contributed by atoms with Crippen LogP contribution < -0.4 is 0 Å². The van der Waals surface area contributed by atoms with Gasteiger partial charge in [0, 0.05) is 5.92 Å². The molecular formula is C20H34O2. The van der Waals surface area contributed by atoms with E-state index in [-0.39, 0.29) is 22.9 Å². The molecule has 0 radical (unpaired) electrons. The number of hydrogen-bond donors (Lipinski definition) is 0. The van der Waals surface area contributed by atoms with Crippen LogP contribution in [-0.2, 0) is 9.53 Å². The van der Waals surface area contributed by atoms with Gasteiger partial charge in [0.05, 0.1) is 5.92 Å². The van der Waals surface area contributed by atoms with E-state index < -0.39 is 0 Å². The van der Waals surface area contributed by atoms with Crippen molar-refractivity contribution in [2.24, 2.45) is 35.0 Å². The normalized spacial score (nSPS) is 41.5. The van der Waals surface area contributed by atoms with Gasteiger partial charge in [0.2, 0.25) is 0 Å². The van der Waals surface area contributed by atoms with Crippen molar-refractivity contribution in [2.45, 2.75) is 85.2 Å². The second-order valence-electron chi connectivity index (χ2n) is 9.57. The minimum absolute atomic E-state index is 0.0157. The van der Waals surface area contributed by atoms with Gasteiger partial charge in [-0.2, -0.15) is 0 Å². The van der Waals surface area contributed by atoms with Gasteiger partial charge in [-0.25, -0.2) is 0 Å². The number of carbonyl (C=O) groups excluding carboxylic acids is 1. The summed E-state index contributed by atoms with van der Waals surface area (Å²) in [5.41, 5.74) is 0.0580. The monoisotopic (exact) mass is 306 g/mol. The van der Waals surface area contributed by atoms with E-state index in [4.69, 9.17) is 4.74 Å². The van der Waals surface area contributed by atoms with Crippen molar-refractivity contribution in [1.29, 1.82) is 0 Å². The van der Waals surface area contributed by atoms with Crippen LogP contribution in [0, 0.1) is 35.0 Å². The van der Waals surface area contributed by atoms with Gasteiger partial charge in [0.15, 0.2) is 0 Å². The smallest absolute Gasteiger partial charge is 0.309 e. The number of hydrogen-bond acceptors (Lipinski definition) is 2. The lowest BCUT2D eigenvalue weighted by Crippen LogP contribution is -2.45. The summed E-state index contributed by atoms with van der Waals surface area (Å²) in [4.78, 5) is 12.7. The Morgan fingerprint density at radius 2 is 1.95 bits per heavy atom. The summed E-state index contributed by atoms with van der Waals surface area (Å²) in [5.74, 6) is 3.37. The molecule has 6 atom stereocenters. The van der Waals surface area contributed by atoms with Crippen molar-refractivity contribution in [1.82, 2.24) is 0 Å². The standard InChI is InChI=1S/C20H34O2/c1-6-20(22-18(21)13(2)11-19(3,4)5)12-14-10-17(20)16-9-7-8-15(14)16/h13-17H,6-12H2,1-5H3. The Labute approximate surface area is 136 Å². The summed E-state index contributed by atoms with van der Waals surface area (Å²) >= 11 is 0. The highest BCUT2D eigenvalue weighted by Gasteiger charge is 2.62. The maximum absolute atomic E-state index is 12.7. The summed E-state index contributed by atoms with van der Waals surface area (Å²) in [7, 11) is 0. The first-order valence-corrected chi connectivity index (χ1v) is 9.48. The van der Waals surface area contributed by atoms with Crippen LogP contribution in [0.1, 0.15) is 79.6 Å². The summed E-state index contributed by atoms with van der Waals surface area (Å²) in [6.45, 7) is 10.9. The number of esters is 1.